The molecule has 0 aromatic carbocycles. The summed E-state index contributed by atoms with van der Waals surface area (Å²) >= 11 is 0. The molecule has 7 atom stereocenters. The summed E-state index contributed by atoms with van der Waals surface area (Å²) < 4.78 is 12.2. The Kier molecular flexibility index (Phi) is 5.71. The van der Waals surface area contributed by atoms with Crippen molar-refractivity contribution in [3.63, 3.8) is 0 Å². The lowest BCUT2D eigenvalue weighted by Gasteiger charge is -2.39. The zero-order valence-corrected chi connectivity index (χ0v) is 14.9. The second-order valence-corrected chi connectivity index (χ2v) is 8.26. The molecule has 0 aromatic rings. The van der Waals surface area contributed by atoms with Crippen molar-refractivity contribution in [2.75, 3.05) is 26.4 Å². The molecule has 4 rings (SSSR count). The van der Waals surface area contributed by atoms with Crippen molar-refractivity contribution in [3.05, 3.63) is 0 Å². The highest BCUT2D eigenvalue weighted by atomic mass is 16.5. The maximum atomic E-state index is 6.28. The fraction of sp³-hybridized carbons (Fsp3) is 1.00. The highest BCUT2D eigenvalue weighted by Gasteiger charge is 2.44. The molecule has 138 valence electrons. The first kappa shape index (κ1) is 17.2. The molecule has 6 heteroatoms. The van der Waals surface area contributed by atoms with Gasteiger partial charge in [0, 0.05) is 18.6 Å². The SMILES string of the molecule is C[C@@H]1CCNCOCC2CCCC(C2)C2NNC3CNC(CC32)O1. The molecule has 0 radical (unpaired) electrons. The van der Waals surface area contributed by atoms with E-state index < -0.39 is 0 Å². The van der Waals surface area contributed by atoms with Gasteiger partial charge in [-0.1, -0.05) is 6.42 Å². The van der Waals surface area contributed by atoms with E-state index in [-0.39, 0.29) is 12.3 Å². The molecule has 6 nitrogen and oxygen atoms in total. The van der Waals surface area contributed by atoms with E-state index in [0.717, 1.165) is 44.4 Å². The molecular formula is C18H34N4O2. The molecule has 4 aliphatic rings. The number of hydrogen-bond acceptors (Lipinski definition) is 6. The van der Waals surface area contributed by atoms with Crippen molar-refractivity contribution in [1.82, 2.24) is 21.5 Å². The Hall–Kier alpha value is -0.240. The summed E-state index contributed by atoms with van der Waals surface area (Å²) in [5.74, 6) is 2.17. The van der Waals surface area contributed by atoms with E-state index in [4.69, 9.17) is 9.47 Å². The van der Waals surface area contributed by atoms with Gasteiger partial charge in [0.2, 0.25) is 0 Å². The average Bonchev–Trinajstić information content (AvgIpc) is 3.01. The molecule has 1 aliphatic carbocycles. The van der Waals surface area contributed by atoms with E-state index in [9.17, 15) is 0 Å². The lowest BCUT2D eigenvalue weighted by Crippen LogP contribution is -2.52. The highest BCUT2D eigenvalue weighted by molar-refractivity contribution is 5.00. The summed E-state index contributed by atoms with van der Waals surface area (Å²) in [4.78, 5) is 0. The van der Waals surface area contributed by atoms with Gasteiger partial charge in [-0.15, -0.1) is 0 Å². The topological polar surface area (TPSA) is 66.6 Å². The predicted molar refractivity (Wildman–Crippen MR) is 93.2 cm³/mol. The highest BCUT2D eigenvalue weighted by Crippen LogP contribution is 2.38. The molecular weight excluding hydrogens is 304 g/mol. The molecule has 24 heavy (non-hydrogen) atoms. The number of hydrogen-bond donors (Lipinski definition) is 4. The van der Waals surface area contributed by atoms with Crippen LogP contribution in [0.5, 0.6) is 0 Å². The molecule has 6 unspecified atom stereocenters. The third kappa shape index (κ3) is 3.94. The molecule has 0 spiro atoms. The van der Waals surface area contributed by atoms with Crippen molar-refractivity contribution in [2.45, 2.75) is 69.9 Å². The first-order valence-electron chi connectivity index (χ1n) is 9.98. The summed E-state index contributed by atoms with van der Waals surface area (Å²) in [7, 11) is 0. The van der Waals surface area contributed by atoms with Crippen LogP contribution in [-0.4, -0.2) is 50.8 Å². The van der Waals surface area contributed by atoms with Crippen LogP contribution in [0.3, 0.4) is 0 Å². The summed E-state index contributed by atoms with van der Waals surface area (Å²) in [6, 6.07) is 1.13. The minimum atomic E-state index is 0.200. The second-order valence-electron chi connectivity index (χ2n) is 8.26. The van der Waals surface area contributed by atoms with Gasteiger partial charge in [0.15, 0.2) is 0 Å². The lowest BCUT2D eigenvalue weighted by molar-refractivity contribution is -0.0529. The van der Waals surface area contributed by atoms with Gasteiger partial charge >= 0.3 is 0 Å². The normalized spacial score (nSPS) is 47.6. The van der Waals surface area contributed by atoms with Crippen molar-refractivity contribution in [1.29, 1.82) is 0 Å². The van der Waals surface area contributed by atoms with Crippen molar-refractivity contribution < 1.29 is 9.47 Å². The van der Waals surface area contributed by atoms with Gasteiger partial charge in [0.25, 0.3) is 0 Å². The van der Waals surface area contributed by atoms with Gasteiger partial charge in [-0.2, -0.15) is 0 Å². The van der Waals surface area contributed by atoms with Crippen LogP contribution in [0.2, 0.25) is 0 Å². The summed E-state index contributed by atoms with van der Waals surface area (Å²) in [5.41, 5.74) is 7.20. The number of ether oxygens (including phenoxy) is 2. The van der Waals surface area contributed by atoms with Crippen LogP contribution in [0.25, 0.3) is 0 Å². The fourth-order valence-electron chi connectivity index (χ4n) is 5.17. The van der Waals surface area contributed by atoms with Gasteiger partial charge in [-0.05, 0) is 63.3 Å². The van der Waals surface area contributed by atoms with Crippen LogP contribution in [0, 0.1) is 17.8 Å². The van der Waals surface area contributed by atoms with Crippen LogP contribution >= 0.6 is 0 Å². The lowest BCUT2D eigenvalue weighted by atomic mass is 9.72. The maximum Gasteiger partial charge on any atom is 0.108 e. The van der Waals surface area contributed by atoms with Gasteiger partial charge in [-0.3, -0.25) is 21.5 Å². The van der Waals surface area contributed by atoms with E-state index in [0.29, 0.717) is 24.7 Å². The monoisotopic (exact) mass is 338 g/mol. The van der Waals surface area contributed by atoms with Crippen LogP contribution < -0.4 is 21.5 Å². The fourth-order valence-corrected chi connectivity index (χ4v) is 5.17. The average molecular weight is 338 g/mol. The molecule has 3 heterocycles. The van der Waals surface area contributed by atoms with Gasteiger partial charge < -0.3 is 9.47 Å². The third-order valence-corrected chi connectivity index (χ3v) is 6.48. The molecule has 3 aliphatic heterocycles. The predicted octanol–water partition coefficient (Wildman–Crippen LogP) is 0.946. The molecule has 1 saturated carbocycles. The van der Waals surface area contributed by atoms with Crippen molar-refractivity contribution in [3.8, 4) is 0 Å². The largest absolute Gasteiger partial charge is 0.366 e. The van der Waals surface area contributed by atoms with Crippen molar-refractivity contribution >= 4 is 0 Å². The molecule has 3 saturated heterocycles. The quantitative estimate of drug-likeness (QED) is 0.527. The molecule has 4 fully saturated rings. The van der Waals surface area contributed by atoms with E-state index in [1.165, 1.54) is 25.7 Å². The minimum Gasteiger partial charge on any atom is -0.366 e. The van der Waals surface area contributed by atoms with Crippen molar-refractivity contribution in [2.24, 2.45) is 17.8 Å². The summed E-state index contributed by atoms with van der Waals surface area (Å²) in [5, 5.41) is 6.98. The molecule has 4 N–H and O–H groups in total. The zero-order valence-electron chi connectivity index (χ0n) is 14.9. The third-order valence-electron chi connectivity index (χ3n) is 6.48. The molecule has 0 aromatic heterocycles. The Morgan fingerprint density at radius 2 is 2.00 bits per heavy atom. The van der Waals surface area contributed by atoms with Crippen LogP contribution in [0.1, 0.15) is 45.4 Å². The summed E-state index contributed by atoms with van der Waals surface area (Å²) in [6.07, 6.45) is 7.95. The summed E-state index contributed by atoms with van der Waals surface area (Å²) in [6.45, 7) is 5.73. The maximum absolute atomic E-state index is 6.28. The smallest absolute Gasteiger partial charge is 0.108 e. The van der Waals surface area contributed by atoms with Crippen LogP contribution in [0.15, 0.2) is 0 Å². The number of fused-ring (bicyclic) bond motifs is 4. The van der Waals surface area contributed by atoms with Crippen LogP contribution in [-0.2, 0) is 9.47 Å². The number of nitrogens with one attached hydrogen (secondary N) is 4. The Bertz CT molecular complexity index is 410. The Morgan fingerprint density at radius 3 is 2.96 bits per heavy atom. The van der Waals surface area contributed by atoms with Gasteiger partial charge in [0.05, 0.1) is 19.4 Å². The minimum absolute atomic E-state index is 0.200. The second kappa shape index (κ2) is 7.98. The van der Waals surface area contributed by atoms with Crippen LogP contribution in [0.4, 0.5) is 0 Å². The van der Waals surface area contributed by atoms with Gasteiger partial charge in [-0.25, -0.2) is 0 Å². The number of hydrazine groups is 1. The Labute approximate surface area is 145 Å². The number of rotatable bonds is 0. The Morgan fingerprint density at radius 1 is 1.04 bits per heavy atom. The molecule has 0 amide bonds. The van der Waals surface area contributed by atoms with E-state index >= 15 is 0 Å². The number of piperidine rings is 1. The Balaban J connectivity index is 1.46. The van der Waals surface area contributed by atoms with Gasteiger partial charge in [0.1, 0.15) is 6.23 Å². The van der Waals surface area contributed by atoms with E-state index in [1.807, 2.05) is 0 Å². The standard InChI is InChI=1S/C18H34N4O2/c1-12-5-6-19-11-23-10-13-3-2-4-14(7-13)18-15-8-17(24-12)20-9-16(15)21-22-18/h12-22H,2-11H2,1H3/t12-,13?,14?,15?,16?,17?,18?/m1/s1. The first-order chi connectivity index (χ1) is 11.8. The van der Waals surface area contributed by atoms with E-state index in [1.54, 1.807) is 0 Å². The zero-order chi connectivity index (χ0) is 16.4. The van der Waals surface area contributed by atoms with E-state index in [2.05, 4.69) is 28.4 Å². The first-order valence-corrected chi connectivity index (χ1v) is 9.98. The molecule has 4 bridgehead atoms.